The number of rotatable bonds is 3. The van der Waals surface area contributed by atoms with E-state index in [4.69, 9.17) is 5.73 Å². The maximum absolute atomic E-state index is 5.65. The summed E-state index contributed by atoms with van der Waals surface area (Å²) in [6.45, 7) is 5.68. The van der Waals surface area contributed by atoms with Crippen LogP contribution in [0.4, 0.5) is 0 Å². The van der Waals surface area contributed by atoms with Crippen LogP contribution in [0.1, 0.15) is 18.2 Å². The first kappa shape index (κ1) is 10.9. The van der Waals surface area contributed by atoms with Crippen LogP contribution in [0.5, 0.6) is 0 Å². The van der Waals surface area contributed by atoms with Gasteiger partial charge in [-0.1, -0.05) is 18.2 Å². The highest BCUT2D eigenvalue weighted by molar-refractivity contribution is 5.65. The molecule has 0 saturated carbocycles. The number of nitrogens with zero attached hydrogens (tertiary/aromatic N) is 2. The van der Waals surface area contributed by atoms with Gasteiger partial charge in [-0.2, -0.15) is 5.10 Å². The molecule has 0 aliphatic heterocycles. The number of aromatic nitrogens is 2. The van der Waals surface area contributed by atoms with Crippen molar-refractivity contribution in [2.24, 2.45) is 5.73 Å². The monoisotopic (exact) mass is 215 g/mol. The Morgan fingerprint density at radius 2 is 2.19 bits per heavy atom. The van der Waals surface area contributed by atoms with Gasteiger partial charge < -0.3 is 5.73 Å². The average molecular weight is 215 g/mol. The summed E-state index contributed by atoms with van der Waals surface area (Å²) in [5.41, 5.74) is 10.4. The molecule has 0 aliphatic rings. The van der Waals surface area contributed by atoms with Crippen molar-refractivity contribution >= 4 is 0 Å². The minimum absolute atomic E-state index is 0.578. The van der Waals surface area contributed by atoms with Gasteiger partial charge in [-0.15, -0.1) is 0 Å². The zero-order valence-electron chi connectivity index (χ0n) is 9.77. The largest absolute Gasteiger partial charge is 0.326 e. The first-order chi connectivity index (χ1) is 7.76. The predicted molar refractivity (Wildman–Crippen MR) is 66.0 cm³/mol. The van der Waals surface area contributed by atoms with Gasteiger partial charge in [0.05, 0.1) is 6.20 Å². The molecule has 0 spiro atoms. The zero-order valence-corrected chi connectivity index (χ0v) is 9.77. The van der Waals surface area contributed by atoms with Crippen molar-refractivity contribution in [3.05, 3.63) is 41.7 Å². The molecule has 2 N–H and O–H groups in total. The Kier molecular flexibility index (Phi) is 3.06. The fraction of sp³-hybridized carbons (Fsp3) is 0.308. The molecule has 16 heavy (non-hydrogen) atoms. The molecule has 1 heterocycles. The average Bonchev–Trinajstić information content (AvgIpc) is 2.70. The highest BCUT2D eigenvalue weighted by atomic mass is 15.3. The van der Waals surface area contributed by atoms with E-state index in [2.05, 4.69) is 31.1 Å². The number of hydrogen-bond acceptors (Lipinski definition) is 2. The maximum Gasteiger partial charge on any atom is 0.0571 e. The highest BCUT2D eigenvalue weighted by Gasteiger charge is 2.07. The zero-order chi connectivity index (χ0) is 11.5. The van der Waals surface area contributed by atoms with Crippen LogP contribution in [0.15, 0.2) is 30.5 Å². The summed E-state index contributed by atoms with van der Waals surface area (Å²) in [5, 5.41) is 4.35. The molecule has 1 aromatic carbocycles. The fourth-order valence-electron chi connectivity index (χ4n) is 1.91. The van der Waals surface area contributed by atoms with Crippen molar-refractivity contribution < 1.29 is 0 Å². The Hall–Kier alpha value is -1.61. The van der Waals surface area contributed by atoms with Crippen molar-refractivity contribution in [3.63, 3.8) is 0 Å². The van der Waals surface area contributed by atoms with E-state index in [-0.39, 0.29) is 0 Å². The van der Waals surface area contributed by atoms with Crippen molar-refractivity contribution in [3.8, 4) is 11.1 Å². The summed E-state index contributed by atoms with van der Waals surface area (Å²) >= 11 is 0. The van der Waals surface area contributed by atoms with Crippen LogP contribution in [-0.4, -0.2) is 9.78 Å². The topological polar surface area (TPSA) is 43.8 Å². The normalized spacial score (nSPS) is 10.7. The van der Waals surface area contributed by atoms with Crippen molar-refractivity contribution in [1.29, 1.82) is 0 Å². The molecular formula is C13H17N3. The van der Waals surface area contributed by atoms with Gasteiger partial charge in [0, 0.05) is 24.3 Å². The minimum Gasteiger partial charge on any atom is -0.326 e. The summed E-state index contributed by atoms with van der Waals surface area (Å²) in [4.78, 5) is 0. The summed E-state index contributed by atoms with van der Waals surface area (Å²) < 4.78 is 2.00. The van der Waals surface area contributed by atoms with Crippen LogP contribution in [0, 0.1) is 6.92 Å². The number of hydrogen-bond donors (Lipinski definition) is 1. The third-order valence-corrected chi connectivity index (χ3v) is 2.88. The number of benzene rings is 1. The Morgan fingerprint density at radius 1 is 1.38 bits per heavy atom. The third kappa shape index (κ3) is 1.86. The number of nitrogens with two attached hydrogens (primary N) is 1. The molecule has 0 bridgehead atoms. The lowest BCUT2D eigenvalue weighted by Gasteiger charge is -2.04. The van der Waals surface area contributed by atoms with E-state index >= 15 is 0 Å². The van der Waals surface area contributed by atoms with E-state index in [1.165, 1.54) is 16.8 Å². The predicted octanol–water partition coefficient (Wildman–Crippen LogP) is 2.34. The first-order valence-electron chi connectivity index (χ1n) is 5.58. The van der Waals surface area contributed by atoms with Crippen molar-refractivity contribution in [2.75, 3.05) is 0 Å². The van der Waals surface area contributed by atoms with Crippen molar-refractivity contribution in [2.45, 2.75) is 26.9 Å². The second-order valence-corrected chi connectivity index (χ2v) is 3.86. The van der Waals surface area contributed by atoms with Gasteiger partial charge in [-0.05, 0) is 31.0 Å². The Morgan fingerprint density at radius 3 is 2.81 bits per heavy atom. The van der Waals surface area contributed by atoms with E-state index in [9.17, 15) is 0 Å². The van der Waals surface area contributed by atoms with E-state index in [1.54, 1.807) is 0 Å². The molecule has 0 fully saturated rings. The highest BCUT2D eigenvalue weighted by Crippen LogP contribution is 2.23. The maximum atomic E-state index is 5.65. The summed E-state index contributed by atoms with van der Waals surface area (Å²) in [6, 6.07) is 8.32. The Bertz CT molecular complexity index is 486. The lowest BCUT2D eigenvalue weighted by molar-refractivity contribution is 0.640. The molecule has 0 amide bonds. The molecule has 2 rings (SSSR count). The molecule has 0 saturated heterocycles. The van der Waals surface area contributed by atoms with Gasteiger partial charge in [-0.3, -0.25) is 4.68 Å². The van der Waals surface area contributed by atoms with Gasteiger partial charge in [-0.25, -0.2) is 0 Å². The van der Waals surface area contributed by atoms with Gasteiger partial charge in [0.15, 0.2) is 0 Å². The van der Waals surface area contributed by atoms with E-state index in [0.717, 1.165) is 12.1 Å². The molecule has 84 valence electrons. The smallest absolute Gasteiger partial charge is 0.0571 e. The summed E-state index contributed by atoms with van der Waals surface area (Å²) in [5.74, 6) is 0. The SMILES string of the molecule is CCn1ncc(-c2cccc(CN)c2)c1C. The lowest BCUT2D eigenvalue weighted by atomic mass is 10.0. The van der Waals surface area contributed by atoms with Gasteiger partial charge in [0.25, 0.3) is 0 Å². The molecule has 0 aliphatic carbocycles. The molecule has 0 unspecified atom stereocenters. The second kappa shape index (κ2) is 4.49. The fourth-order valence-corrected chi connectivity index (χ4v) is 1.91. The molecule has 0 atom stereocenters. The number of aryl methyl sites for hydroxylation is 1. The molecule has 1 aromatic heterocycles. The third-order valence-electron chi connectivity index (χ3n) is 2.88. The van der Waals surface area contributed by atoms with Crippen LogP contribution in [-0.2, 0) is 13.1 Å². The van der Waals surface area contributed by atoms with Gasteiger partial charge >= 0.3 is 0 Å². The molecule has 0 radical (unpaired) electrons. The van der Waals surface area contributed by atoms with Crippen molar-refractivity contribution in [1.82, 2.24) is 9.78 Å². The van der Waals surface area contributed by atoms with Gasteiger partial charge in [0.2, 0.25) is 0 Å². The molecule has 3 nitrogen and oxygen atoms in total. The van der Waals surface area contributed by atoms with E-state index in [0.29, 0.717) is 6.54 Å². The second-order valence-electron chi connectivity index (χ2n) is 3.86. The quantitative estimate of drug-likeness (QED) is 0.854. The van der Waals surface area contributed by atoms with Gasteiger partial charge in [0.1, 0.15) is 0 Å². The molecular weight excluding hydrogens is 198 g/mol. The summed E-state index contributed by atoms with van der Waals surface area (Å²) in [6.07, 6.45) is 1.93. The van der Waals surface area contributed by atoms with Crippen LogP contribution in [0.2, 0.25) is 0 Å². The van der Waals surface area contributed by atoms with Crippen LogP contribution in [0.3, 0.4) is 0 Å². The lowest BCUT2D eigenvalue weighted by Crippen LogP contribution is -1.99. The molecule has 2 aromatic rings. The minimum atomic E-state index is 0.578. The van der Waals surface area contributed by atoms with Crippen LogP contribution in [0.25, 0.3) is 11.1 Å². The standard InChI is InChI=1S/C13H17N3/c1-3-16-10(2)13(9-15-16)12-6-4-5-11(7-12)8-14/h4-7,9H,3,8,14H2,1-2H3. The van der Waals surface area contributed by atoms with Crippen LogP contribution < -0.4 is 5.73 Å². The van der Waals surface area contributed by atoms with E-state index < -0.39 is 0 Å². The Labute approximate surface area is 95.9 Å². The first-order valence-corrected chi connectivity index (χ1v) is 5.58. The van der Waals surface area contributed by atoms with Crippen LogP contribution >= 0.6 is 0 Å². The molecule has 3 heteroatoms. The Balaban J connectivity index is 2.45. The summed E-state index contributed by atoms with van der Waals surface area (Å²) in [7, 11) is 0. The van der Waals surface area contributed by atoms with E-state index in [1.807, 2.05) is 23.0 Å².